The van der Waals surface area contributed by atoms with Gasteiger partial charge in [0.05, 0.1) is 12.0 Å². The summed E-state index contributed by atoms with van der Waals surface area (Å²) in [4.78, 5) is 25.4. The Balaban J connectivity index is 2.40. The third-order valence-electron chi connectivity index (χ3n) is 4.18. The van der Waals surface area contributed by atoms with E-state index in [1.165, 1.54) is 5.56 Å². The van der Waals surface area contributed by atoms with Gasteiger partial charge in [-0.1, -0.05) is 38.1 Å². The van der Waals surface area contributed by atoms with Crippen molar-refractivity contribution in [2.24, 2.45) is 5.92 Å². The summed E-state index contributed by atoms with van der Waals surface area (Å²) >= 11 is 0. The lowest BCUT2D eigenvalue weighted by atomic mass is 9.91. The molecule has 1 amide bonds. The first-order chi connectivity index (χ1) is 9.82. The number of carbonyl (C=O) groups excluding carboxylic acids is 1. The molecule has 1 saturated heterocycles. The Labute approximate surface area is 125 Å². The van der Waals surface area contributed by atoms with Gasteiger partial charge in [0, 0.05) is 12.5 Å². The van der Waals surface area contributed by atoms with Crippen molar-refractivity contribution in [1.29, 1.82) is 0 Å². The number of likely N-dealkylation sites (tertiary alicyclic amines) is 1. The molecule has 0 aromatic heterocycles. The number of carboxylic acids is 1. The smallest absolute Gasteiger partial charge is 0.309 e. The molecule has 2 unspecified atom stereocenters. The highest BCUT2D eigenvalue weighted by atomic mass is 16.4. The summed E-state index contributed by atoms with van der Waals surface area (Å²) in [5.74, 6) is -1.20. The average Bonchev–Trinajstić information content (AvgIpc) is 2.76. The van der Waals surface area contributed by atoms with Crippen LogP contribution in [0.4, 0.5) is 0 Å². The molecule has 0 aliphatic carbocycles. The Bertz CT molecular complexity index is 533. The standard InChI is InChI=1S/C17H23NO3/c1-10(2)12-5-7-13(8-6-12)16-14(17(20)21)9-15(19)18(16)11(3)4/h5-8,10-11,14,16H,9H2,1-4H3,(H,20,21). The predicted octanol–water partition coefficient (Wildman–Crippen LogP) is 3.19. The first-order valence-electron chi connectivity index (χ1n) is 7.46. The monoisotopic (exact) mass is 289 g/mol. The zero-order valence-electron chi connectivity index (χ0n) is 13.0. The number of carboxylic acid groups (broad SMARTS) is 1. The van der Waals surface area contributed by atoms with E-state index < -0.39 is 11.9 Å². The number of amides is 1. The molecule has 1 aliphatic rings. The van der Waals surface area contributed by atoms with E-state index in [1.54, 1.807) is 4.90 Å². The number of benzene rings is 1. The minimum atomic E-state index is -0.899. The molecule has 0 saturated carbocycles. The summed E-state index contributed by atoms with van der Waals surface area (Å²) in [5, 5.41) is 9.43. The van der Waals surface area contributed by atoms with Crippen LogP contribution in [0.25, 0.3) is 0 Å². The molecule has 4 heteroatoms. The number of hydrogen-bond donors (Lipinski definition) is 1. The molecule has 1 aliphatic heterocycles. The van der Waals surface area contributed by atoms with Crippen LogP contribution in [0.3, 0.4) is 0 Å². The summed E-state index contributed by atoms with van der Waals surface area (Å²) in [7, 11) is 0. The minimum Gasteiger partial charge on any atom is -0.481 e. The molecule has 0 radical (unpaired) electrons. The van der Waals surface area contributed by atoms with Crippen LogP contribution in [0.15, 0.2) is 24.3 Å². The molecule has 2 rings (SSSR count). The van der Waals surface area contributed by atoms with E-state index in [1.807, 2.05) is 38.1 Å². The van der Waals surface area contributed by atoms with Crippen molar-refractivity contribution in [1.82, 2.24) is 4.90 Å². The largest absolute Gasteiger partial charge is 0.481 e. The van der Waals surface area contributed by atoms with Gasteiger partial charge in [0.15, 0.2) is 0 Å². The van der Waals surface area contributed by atoms with Gasteiger partial charge < -0.3 is 10.0 Å². The maximum atomic E-state index is 12.2. The molecule has 4 nitrogen and oxygen atoms in total. The van der Waals surface area contributed by atoms with Crippen molar-refractivity contribution in [3.63, 3.8) is 0 Å². The summed E-state index contributed by atoms with van der Waals surface area (Å²) < 4.78 is 0. The second-order valence-electron chi connectivity index (χ2n) is 6.31. The molecule has 1 N–H and O–H groups in total. The maximum absolute atomic E-state index is 12.2. The van der Waals surface area contributed by atoms with Gasteiger partial charge in [0.2, 0.25) is 5.91 Å². The van der Waals surface area contributed by atoms with E-state index >= 15 is 0 Å². The fourth-order valence-electron chi connectivity index (χ4n) is 3.06. The highest BCUT2D eigenvalue weighted by Gasteiger charge is 2.45. The van der Waals surface area contributed by atoms with Crippen LogP contribution in [0.2, 0.25) is 0 Å². The van der Waals surface area contributed by atoms with Crippen molar-refractivity contribution < 1.29 is 14.7 Å². The van der Waals surface area contributed by atoms with Crippen LogP contribution in [-0.4, -0.2) is 27.9 Å². The van der Waals surface area contributed by atoms with Gasteiger partial charge in [0.25, 0.3) is 0 Å². The molecule has 21 heavy (non-hydrogen) atoms. The van der Waals surface area contributed by atoms with Gasteiger partial charge in [-0.15, -0.1) is 0 Å². The van der Waals surface area contributed by atoms with Crippen LogP contribution in [0.1, 0.15) is 57.2 Å². The molecule has 114 valence electrons. The Morgan fingerprint density at radius 3 is 2.19 bits per heavy atom. The number of carbonyl (C=O) groups is 2. The van der Waals surface area contributed by atoms with Crippen LogP contribution >= 0.6 is 0 Å². The van der Waals surface area contributed by atoms with E-state index in [4.69, 9.17) is 0 Å². The molecular formula is C17H23NO3. The third kappa shape index (κ3) is 2.94. The van der Waals surface area contributed by atoms with Crippen molar-refractivity contribution in [2.75, 3.05) is 0 Å². The normalized spacial score (nSPS) is 22.4. The average molecular weight is 289 g/mol. The lowest BCUT2D eigenvalue weighted by Crippen LogP contribution is -2.36. The molecule has 1 fully saturated rings. The predicted molar refractivity (Wildman–Crippen MR) is 81.0 cm³/mol. The summed E-state index contributed by atoms with van der Waals surface area (Å²) in [6.07, 6.45) is 0.0874. The van der Waals surface area contributed by atoms with Gasteiger partial charge in [-0.3, -0.25) is 9.59 Å². The number of aliphatic carboxylic acids is 1. The summed E-state index contributed by atoms with van der Waals surface area (Å²) in [6.45, 7) is 8.10. The second-order valence-corrected chi connectivity index (χ2v) is 6.31. The fourth-order valence-corrected chi connectivity index (χ4v) is 3.06. The number of rotatable bonds is 4. The van der Waals surface area contributed by atoms with Gasteiger partial charge >= 0.3 is 5.97 Å². The maximum Gasteiger partial charge on any atom is 0.309 e. The summed E-state index contributed by atoms with van der Waals surface area (Å²) in [6, 6.07) is 7.61. The van der Waals surface area contributed by atoms with E-state index in [0.717, 1.165) is 5.56 Å². The Morgan fingerprint density at radius 1 is 1.19 bits per heavy atom. The topological polar surface area (TPSA) is 57.6 Å². The van der Waals surface area contributed by atoms with Crippen molar-refractivity contribution >= 4 is 11.9 Å². The first-order valence-corrected chi connectivity index (χ1v) is 7.46. The Hall–Kier alpha value is -1.84. The third-order valence-corrected chi connectivity index (χ3v) is 4.18. The fraction of sp³-hybridized carbons (Fsp3) is 0.529. The molecule has 0 bridgehead atoms. The van der Waals surface area contributed by atoms with Crippen LogP contribution in [0, 0.1) is 5.92 Å². The van der Waals surface area contributed by atoms with Crippen LogP contribution < -0.4 is 0 Å². The zero-order chi connectivity index (χ0) is 15.7. The van der Waals surface area contributed by atoms with Gasteiger partial charge in [-0.05, 0) is 30.9 Å². The highest BCUT2D eigenvalue weighted by molar-refractivity contribution is 5.87. The highest BCUT2D eigenvalue weighted by Crippen LogP contribution is 2.39. The SMILES string of the molecule is CC(C)c1ccc(C2C(C(=O)O)CC(=O)N2C(C)C)cc1. The minimum absolute atomic E-state index is 0.00312. The molecule has 1 heterocycles. The number of hydrogen-bond acceptors (Lipinski definition) is 2. The lowest BCUT2D eigenvalue weighted by molar-refractivity contribution is -0.142. The van der Waals surface area contributed by atoms with E-state index in [2.05, 4.69) is 13.8 Å². The van der Waals surface area contributed by atoms with E-state index in [-0.39, 0.29) is 24.4 Å². The molecule has 2 atom stereocenters. The van der Waals surface area contributed by atoms with Crippen molar-refractivity contribution in [2.45, 2.75) is 52.1 Å². The Morgan fingerprint density at radius 2 is 1.76 bits per heavy atom. The van der Waals surface area contributed by atoms with Crippen LogP contribution in [0.5, 0.6) is 0 Å². The number of nitrogens with zero attached hydrogens (tertiary/aromatic N) is 1. The first kappa shape index (κ1) is 15.5. The van der Waals surface area contributed by atoms with Crippen LogP contribution in [-0.2, 0) is 9.59 Å². The lowest BCUT2D eigenvalue weighted by Gasteiger charge is -2.31. The van der Waals surface area contributed by atoms with Crippen molar-refractivity contribution in [3.05, 3.63) is 35.4 Å². The molecular weight excluding hydrogens is 266 g/mol. The molecule has 0 spiro atoms. The van der Waals surface area contributed by atoms with E-state index in [9.17, 15) is 14.7 Å². The molecule has 1 aromatic carbocycles. The Kier molecular flexibility index (Phi) is 4.35. The van der Waals surface area contributed by atoms with Gasteiger partial charge in [-0.25, -0.2) is 0 Å². The van der Waals surface area contributed by atoms with Gasteiger partial charge in [0.1, 0.15) is 0 Å². The van der Waals surface area contributed by atoms with E-state index in [0.29, 0.717) is 5.92 Å². The summed E-state index contributed by atoms with van der Waals surface area (Å²) in [5.41, 5.74) is 2.12. The van der Waals surface area contributed by atoms with Gasteiger partial charge in [-0.2, -0.15) is 0 Å². The van der Waals surface area contributed by atoms with Crippen molar-refractivity contribution in [3.8, 4) is 0 Å². The quantitative estimate of drug-likeness (QED) is 0.926. The molecule has 1 aromatic rings. The zero-order valence-corrected chi connectivity index (χ0v) is 13.0. The second kappa shape index (κ2) is 5.88.